The van der Waals surface area contributed by atoms with Crippen molar-refractivity contribution in [2.24, 2.45) is 0 Å². The molecule has 0 aromatic rings. The zero-order valence-corrected chi connectivity index (χ0v) is 58.7. The molecular formula is C70H132O17P2. The summed E-state index contributed by atoms with van der Waals surface area (Å²) < 4.78 is 68.1. The molecule has 0 fully saturated rings. The second-order valence-corrected chi connectivity index (χ2v) is 27.5. The number of phosphoric ester groups is 2. The van der Waals surface area contributed by atoms with Gasteiger partial charge < -0.3 is 33.8 Å². The lowest BCUT2D eigenvalue weighted by Gasteiger charge is -2.21. The molecule has 0 aliphatic rings. The van der Waals surface area contributed by atoms with Gasteiger partial charge in [-0.15, -0.1) is 0 Å². The van der Waals surface area contributed by atoms with Crippen molar-refractivity contribution >= 4 is 39.5 Å². The maximum atomic E-state index is 13.0. The number of carbonyl (C=O) groups excluding carboxylic acids is 4. The van der Waals surface area contributed by atoms with Gasteiger partial charge in [-0.2, -0.15) is 0 Å². The van der Waals surface area contributed by atoms with E-state index in [0.29, 0.717) is 25.7 Å². The molecule has 0 saturated carbocycles. The number of aliphatic hydroxyl groups excluding tert-OH is 1. The lowest BCUT2D eigenvalue weighted by Crippen LogP contribution is -2.30. The van der Waals surface area contributed by atoms with E-state index in [1.54, 1.807) is 0 Å². The van der Waals surface area contributed by atoms with Crippen molar-refractivity contribution in [1.29, 1.82) is 0 Å². The van der Waals surface area contributed by atoms with Gasteiger partial charge in [-0.1, -0.05) is 290 Å². The zero-order valence-electron chi connectivity index (χ0n) is 56.9. The fraction of sp³-hybridized carbons (Fsp3) is 0.886. The molecule has 3 N–H and O–H groups in total. The number of ether oxygens (including phenoxy) is 4. The van der Waals surface area contributed by atoms with Crippen molar-refractivity contribution in [2.45, 2.75) is 361 Å². The number of hydrogen-bond acceptors (Lipinski definition) is 15. The van der Waals surface area contributed by atoms with Crippen molar-refractivity contribution in [1.82, 2.24) is 0 Å². The molecule has 2 unspecified atom stereocenters. The topological polar surface area (TPSA) is 237 Å². The summed E-state index contributed by atoms with van der Waals surface area (Å²) in [5.41, 5.74) is 0. The summed E-state index contributed by atoms with van der Waals surface area (Å²) >= 11 is 0. The van der Waals surface area contributed by atoms with Crippen LogP contribution in [-0.4, -0.2) is 96.7 Å². The Labute approximate surface area is 542 Å². The molecule has 0 aliphatic heterocycles. The predicted octanol–water partition coefficient (Wildman–Crippen LogP) is 19.8. The SMILES string of the molecule is CCCCCC/C=C\C=C/CCCCCCCC(=O)OC[C@H](COP(=O)(O)OC[C@@H](O)COP(=O)(O)OC[C@@H](COC(=O)CCCCCCCCCC)OC(=O)CCCCCCCCCCC)OC(=O)CCCCCCCCCCCCCCCCCCC. The minimum absolute atomic E-state index is 0.102. The smallest absolute Gasteiger partial charge is 0.462 e. The third-order valence-electron chi connectivity index (χ3n) is 15.7. The number of phosphoric acid groups is 2. The van der Waals surface area contributed by atoms with E-state index in [2.05, 4.69) is 52.0 Å². The molecule has 0 spiro atoms. The number of aliphatic hydroxyl groups is 1. The molecule has 0 rings (SSSR count). The van der Waals surface area contributed by atoms with Crippen LogP contribution in [0.3, 0.4) is 0 Å². The Balaban J connectivity index is 5.23. The van der Waals surface area contributed by atoms with Crippen molar-refractivity contribution in [3.63, 3.8) is 0 Å². The summed E-state index contributed by atoms with van der Waals surface area (Å²) in [6.07, 6.45) is 55.0. The van der Waals surface area contributed by atoms with Gasteiger partial charge in [0.05, 0.1) is 26.4 Å². The Kier molecular flexibility index (Phi) is 62.5. The molecule has 5 atom stereocenters. The minimum Gasteiger partial charge on any atom is -0.462 e. The van der Waals surface area contributed by atoms with Crippen LogP contribution in [0.1, 0.15) is 342 Å². The zero-order chi connectivity index (χ0) is 65.4. The lowest BCUT2D eigenvalue weighted by molar-refractivity contribution is -0.161. The number of unbranched alkanes of at least 4 members (excludes halogenated alkanes) is 40. The molecule has 19 heteroatoms. The average molecular weight is 1310 g/mol. The third-order valence-corrected chi connectivity index (χ3v) is 17.6. The van der Waals surface area contributed by atoms with Gasteiger partial charge in [0.15, 0.2) is 12.2 Å². The highest BCUT2D eigenvalue weighted by molar-refractivity contribution is 7.47. The molecule has 524 valence electrons. The summed E-state index contributed by atoms with van der Waals surface area (Å²) in [7, 11) is -9.90. The first-order valence-electron chi connectivity index (χ1n) is 36.1. The number of allylic oxidation sites excluding steroid dienone is 4. The summed E-state index contributed by atoms with van der Waals surface area (Å²) in [6.45, 7) is 4.83. The van der Waals surface area contributed by atoms with Crippen LogP contribution in [0.2, 0.25) is 0 Å². The maximum absolute atomic E-state index is 13.0. The van der Waals surface area contributed by atoms with Crippen molar-refractivity contribution < 1.29 is 80.2 Å². The number of rotatable bonds is 69. The van der Waals surface area contributed by atoms with Gasteiger partial charge in [-0.25, -0.2) is 9.13 Å². The van der Waals surface area contributed by atoms with E-state index in [1.807, 2.05) is 0 Å². The second-order valence-electron chi connectivity index (χ2n) is 24.6. The molecule has 0 aromatic heterocycles. The number of esters is 4. The molecular weight excluding hydrogens is 1170 g/mol. The first kappa shape index (κ1) is 86.5. The monoisotopic (exact) mass is 1310 g/mol. The highest BCUT2D eigenvalue weighted by atomic mass is 31.2. The molecule has 0 heterocycles. The molecule has 0 radical (unpaired) electrons. The summed E-state index contributed by atoms with van der Waals surface area (Å²) in [5, 5.41) is 10.6. The fourth-order valence-electron chi connectivity index (χ4n) is 10.2. The van der Waals surface area contributed by atoms with Crippen molar-refractivity contribution in [2.75, 3.05) is 39.6 Å². The van der Waals surface area contributed by atoms with E-state index in [1.165, 1.54) is 148 Å². The summed E-state index contributed by atoms with van der Waals surface area (Å²) in [6, 6.07) is 0. The predicted molar refractivity (Wildman–Crippen MR) is 358 cm³/mol. The normalized spacial score (nSPS) is 14.2. The molecule has 0 amide bonds. The Morgan fingerprint density at radius 3 is 0.820 bits per heavy atom. The quantitative estimate of drug-likeness (QED) is 0.0169. The van der Waals surface area contributed by atoms with Crippen LogP contribution in [0.25, 0.3) is 0 Å². The molecule has 0 aliphatic carbocycles. The van der Waals surface area contributed by atoms with Gasteiger partial charge >= 0.3 is 39.5 Å². The van der Waals surface area contributed by atoms with Crippen LogP contribution in [-0.2, 0) is 65.4 Å². The Hall–Kier alpha value is -2.46. The van der Waals surface area contributed by atoms with Gasteiger partial charge in [-0.05, 0) is 51.4 Å². The van der Waals surface area contributed by atoms with Crippen molar-refractivity contribution in [3.8, 4) is 0 Å². The van der Waals surface area contributed by atoms with E-state index in [4.69, 9.17) is 37.0 Å². The molecule has 89 heavy (non-hydrogen) atoms. The van der Waals surface area contributed by atoms with Crippen LogP contribution >= 0.6 is 15.6 Å². The highest BCUT2D eigenvalue weighted by Crippen LogP contribution is 2.45. The molecule has 0 bridgehead atoms. The van der Waals surface area contributed by atoms with E-state index < -0.39 is 97.5 Å². The van der Waals surface area contributed by atoms with Crippen LogP contribution in [0, 0.1) is 0 Å². The maximum Gasteiger partial charge on any atom is 0.472 e. The lowest BCUT2D eigenvalue weighted by atomic mass is 10.0. The van der Waals surface area contributed by atoms with E-state index in [-0.39, 0.29) is 25.7 Å². The van der Waals surface area contributed by atoms with Gasteiger partial charge in [0.1, 0.15) is 19.3 Å². The first-order chi connectivity index (χ1) is 43.2. The Morgan fingerprint density at radius 2 is 0.539 bits per heavy atom. The highest BCUT2D eigenvalue weighted by Gasteiger charge is 2.30. The first-order valence-corrected chi connectivity index (χ1v) is 39.1. The van der Waals surface area contributed by atoms with Gasteiger partial charge in [-0.3, -0.25) is 37.3 Å². The third kappa shape index (κ3) is 64.1. The van der Waals surface area contributed by atoms with Crippen LogP contribution in [0.4, 0.5) is 0 Å². The fourth-order valence-corrected chi connectivity index (χ4v) is 11.7. The van der Waals surface area contributed by atoms with Crippen molar-refractivity contribution in [3.05, 3.63) is 24.3 Å². The van der Waals surface area contributed by atoms with Gasteiger partial charge in [0.2, 0.25) is 0 Å². The minimum atomic E-state index is -4.96. The Bertz CT molecular complexity index is 1800. The summed E-state index contributed by atoms with van der Waals surface area (Å²) in [5.74, 6) is -2.16. The summed E-state index contributed by atoms with van der Waals surface area (Å²) in [4.78, 5) is 72.4. The Morgan fingerprint density at radius 1 is 0.315 bits per heavy atom. The van der Waals surface area contributed by atoms with Gasteiger partial charge in [0, 0.05) is 25.7 Å². The van der Waals surface area contributed by atoms with E-state index in [0.717, 1.165) is 116 Å². The average Bonchev–Trinajstić information content (AvgIpc) is 3.58. The van der Waals surface area contributed by atoms with Gasteiger partial charge in [0.25, 0.3) is 0 Å². The standard InChI is InChI=1S/C70H132O17P2/c1-5-9-13-17-21-25-27-29-31-32-34-36-38-41-45-49-53-57-70(75)87-66(61-81-68(73)55-51-47-43-40-37-35-33-30-28-26-22-18-14-10-6-2)63-85-89(78,79)83-59-64(71)58-82-88(76,77)84-62-65(60-80-67(72)54-50-46-42-24-20-16-12-8-4)86-69(74)56-52-48-44-39-23-19-15-11-7-3/h26,28,30,33,64-66,71H,5-25,27,29,31-32,34-63H2,1-4H3,(H,76,77)(H,78,79)/b28-26-,33-30-/t64-,65+,66+/m0/s1. The molecule has 17 nitrogen and oxygen atoms in total. The van der Waals surface area contributed by atoms with Crippen LogP contribution < -0.4 is 0 Å². The largest absolute Gasteiger partial charge is 0.472 e. The second kappa shape index (κ2) is 64.3. The number of carbonyl (C=O) groups is 4. The van der Waals surface area contributed by atoms with E-state index in [9.17, 15) is 43.2 Å². The van der Waals surface area contributed by atoms with E-state index >= 15 is 0 Å². The van der Waals surface area contributed by atoms with Crippen LogP contribution in [0.5, 0.6) is 0 Å². The molecule has 0 saturated heterocycles. The number of hydrogen-bond donors (Lipinski definition) is 3. The molecule has 0 aromatic carbocycles. The van der Waals surface area contributed by atoms with Crippen LogP contribution in [0.15, 0.2) is 24.3 Å².